The molecule has 0 bridgehead atoms. The van der Waals surface area contributed by atoms with E-state index in [9.17, 15) is 13.2 Å². The van der Waals surface area contributed by atoms with Gasteiger partial charge in [-0.15, -0.1) is 5.10 Å². The second kappa shape index (κ2) is 7.81. The van der Waals surface area contributed by atoms with Crippen molar-refractivity contribution in [3.8, 4) is 16.9 Å². The first-order valence-corrected chi connectivity index (χ1v) is 10.4. The van der Waals surface area contributed by atoms with E-state index in [0.29, 0.717) is 17.6 Å². The lowest BCUT2D eigenvalue weighted by atomic mass is 9.99. The number of nitrogens with zero attached hydrogens (tertiary/aromatic N) is 5. The first-order valence-electron chi connectivity index (χ1n) is 10.4. The van der Waals surface area contributed by atoms with Crippen molar-refractivity contribution in [2.75, 3.05) is 23.7 Å². The molecule has 0 radical (unpaired) electrons. The minimum absolute atomic E-state index is 0.0329. The maximum Gasteiger partial charge on any atom is 0.228 e. The van der Waals surface area contributed by atoms with Crippen molar-refractivity contribution >= 4 is 22.8 Å². The molecular formula is C23H21F3N6. The first kappa shape index (κ1) is 20.3. The van der Waals surface area contributed by atoms with E-state index in [1.54, 1.807) is 6.07 Å². The summed E-state index contributed by atoms with van der Waals surface area (Å²) < 4.78 is 44.0. The molecule has 1 fully saturated rings. The van der Waals surface area contributed by atoms with E-state index in [-0.39, 0.29) is 28.1 Å². The maximum atomic E-state index is 14.8. The molecule has 1 aliphatic heterocycles. The Hall–Kier alpha value is -3.62. The fraction of sp³-hybridized carbons (Fsp3) is 0.261. The van der Waals surface area contributed by atoms with Gasteiger partial charge >= 0.3 is 0 Å². The Morgan fingerprint density at radius 1 is 1.00 bits per heavy atom. The summed E-state index contributed by atoms with van der Waals surface area (Å²) in [7, 11) is 0. The molecule has 0 spiro atoms. The summed E-state index contributed by atoms with van der Waals surface area (Å²) in [5, 5.41) is 4.75. The number of hydrogen-bond donors (Lipinski definition) is 1. The molecule has 2 aromatic heterocycles. The Balaban J connectivity index is 1.76. The van der Waals surface area contributed by atoms with E-state index in [4.69, 9.17) is 5.73 Å². The Kier molecular flexibility index (Phi) is 4.96. The molecule has 1 aliphatic rings. The molecule has 9 heteroatoms. The largest absolute Gasteiger partial charge is 0.383 e. The van der Waals surface area contributed by atoms with Crippen LogP contribution in [0.25, 0.3) is 28.0 Å². The van der Waals surface area contributed by atoms with Crippen molar-refractivity contribution in [2.45, 2.75) is 19.8 Å². The van der Waals surface area contributed by atoms with Gasteiger partial charge in [0, 0.05) is 18.7 Å². The van der Waals surface area contributed by atoms with Gasteiger partial charge in [0.05, 0.1) is 16.8 Å². The van der Waals surface area contributed by atoms with Crippen molar-refractivity contribution in [1.82, 2.24) is 19.7 Å². The summed E-state index contributed by atoms with van der Waals surface area (Å²) in [6, 6.07) is 9.68. The number of fused-ring (bicyclic) bond motifs is 1. The standard InChI is InChI=1S/C23H21F3N6/c1-13-8-10-31(11-9-13)23-28-20(16-6-3-7-17(25)19(16)26)18-21(27)32(30-22(18)29-23)15-5-2-4-14(24)12-15/h2-7,12-13H,8-11,27H2,1H3. The highest BCUT2D eigenvalue weighted by Gasteiger charge is 2.25. The van der Waals surface area contributed by atoms with Crippen molar-refractivity contribution in [3.63, 3.8) is 0 Å². The number of hydrogen-bond acceptors (Lipinski definition) is 5. The number of anilines is 2. The fourth-order valence-electron chi connectivity index (χ4n) is 4.04. The van der Waals surface area contributed by atoms with Gasteiger partial charge in [-0.2, -0.15) is 4.98 Å². The topological polar surface area (TPSA) is 72.9 Å². The normalized spacial score (nSPS) is 14.9. The van der Waals surface area contributed by atoms with Gasteiger partial charge in [-0.1, -0.05) is 19.1 Å². The highest BCUT2D eigenvalue weighted by atomic mass is 19.2. The zero-order valence-corrected chi connectivity index (χ0v) is 17.4. The molecule has 2 N–H and O–H groups in total. The number of nitrogens with two attached hydrogens (primary N) is 1. The van der Waals surface area contributed by atoms with Gasteiger partial charge < -0.3 is 10.6 Å². The molecule has 2 aromatic carbocycles. The molecule has 0 atom stereocenters. The molecular weight excluding hydrogens is 417 g/mol. The third-order valence-electron chi connectivity index (χ3n) is 5.88. The number of benzene rings is 2. The van der Waals surface area contributed by atoms with E-state index < -0.39 is 17.5 Å². The van der Waals surface area contributed by atoms with E-state index >= 15 is 0 Å². The van der Waals surface area contributed by atoms with Crippen LogP contribution >= 0.6 is 0 Å². The van der Waals surface area contributed by atoms with Crippen molar-refractivity contribution in [1.29, 1.82) is 0 Å². The minimum Gasteiger partial charge on any atom is -0.383 e. The molecule has 0 unspecified atom stereocenters. The number of piperidine rings is 1. The lowest BCUT2D eigenvalue weighted by molar-refractivity contribution is 0.434. The van der Waals surface area contributed by atoms with Crippen LogP contribution in [0.1, 0.15) is 19.8 Å². The molecule has 164 valence electrons. The Bertz CT molecular complexity index is 1310. The van der Waals surface area contributed by atoms with Crippen molar-refractivity contribution in [3.05, 3.63) is 59.9 Å². The molecule has 6 nitrogen and oxygen atoms in total. The van der Waals surface area contributed by atoms with Crippen LogP contribution in [0.4, 0.5) is 24.9 Å². The van der Waals surface area contributed by atoms with E-state index in [1.165, 1.54) is 35.0 Å². The number of halogens is 3. The van der Waals surface area contributed by atoms with Crippen molar-refractivity contribution < 1.29 is 13.2 Å². The summed E-state index contributed by atoms with van der Waals surface area (Å²) >= 11 is 0. The number of rotatable bonds is 3. The zero-order valence-electron chi connectivity index (χ0n) is 17.4. The lowest BCUT2D eigenvalue weighted by Crippen LogP contribution is -2.34. The Morgan fingerprint density at radius 2 is 1.75 bits per heavy atom. The van der Waals surface area contributed by atoms with Crippen LogP contribution in [0, 0.1) is 23.4 Å². The summed E-state index contributed by atoms with van der Waals surface area (Å²) in [6.07, 6.45) is 1.95. The predicted octanol–water partition coefficient (Wildman–Crippen LogP) is 4.72. The predicted molar refractivity (Wildman–Crippen MR) is 117 cm³/mol. The first-order chi connectivity index (χ1) is 15.4. The molecule has 4 aromatic rings. The average Bonchev–Trinajstić information content (AvgIpc) is 3.12. The van der Waals surface area contributed by atoms with Gasteiger partial charge in [-0.05, 0) is 49.1 Å². The van der Waals surface area contributed by atoms with Crippen LogP contribution in [-0.4, -0.2) is 32.8 Å². The van der Waals surface area contributed by atoms with Crippen LogP contribution < -0.4 is 10.6 Å². The van der Waals surface area contributed by atoms with Gasteiger partial charge in [0.2, 0.25) is 5.95 Å². The summed E-state index contributed by atoms with van der Waals surface area (Å²) in [5.74, 6) is -1.37. The Labute approximate surface area is 182 Å². The Morgan fingerprint density at radius 3 is 2.50 bits per heavy atom. The molecule has 0 saturated carbocycles. The van der Waals surface area contributed by atoms with Crippen LogP contribution in [0.2, 0.25) is 0 Å². The summed E-state index contributed by atoms with van der Waals surface area (Å²) in [6.45, 7) is 3.69. The summed E-state index contributed by atoms with van der Waals surface area (Å²) in [4.78, 5) is 11.2. The molecule has 1 saturated heterocycles. The van der Waals surface area contributed by atoms with Crippen LogP contribution in [0.15, 0.2) is 42.5 Å². The van der Waals surface area contributed by atoms with E-state index in [0.717, 1.165) is 32.0 Å². The fourth-order valence-corrected chi connectivity index (χ4v) is 4.04. The highest BCUT2D eigenvalue weighted by Crippen LogP contribution is 2.35. The second-order valence-electron chi connectivity index (χ2n) is 8.12. The molecule has 0 aliphatic carbocycles. The third kappa shape index (κ3) is 3.43. The van der Waals surface area contributed by atoms with E-state index in [2.05, 4.69) is 22.0 Å². The highest BCUT2D eigenvalue weighted by molar-refractivity contribution is 5.99. The van der Waals surface area contributed by atoms with Gasteiger partial charge in [-0.3, -0.25) is 0 Å². The maximum absolute atomic E-state index is 14.8. The van der Waals surface area contributed by atoms with Gasteiger partial charge in [-0.25, -0.2) is 22.8 Å². The van der Waals surface area contributed by atoms with Gasteiger partial charge in [0.1, 0.15) is 11.6 Å². The average molecular weight is 438 g/mol. The zero-order chi connectivity index (χ0) is 22.4. The molecule has 5 rings (SSSR count). The number of nitrogen functional groups attached to an aromatic ring is 1. The number of aromatic nitrogens is 4. The van der Waals surface area contributed by atoms with Crippen molar-refractivity contribution in [2.24, 2.45) is 5.92 Å². The lowest BCUT2D eigenvalue weighted by Gasteiger charge is -2.30. The molecule has 32 heavy (non-hydrogen) atoms. The van der Waals surface area contributed by atoms with Crippen LogP contribution in [0.5, 0.6) is 0 Å². The summed E-state index contributed by atoms with van der Waals surface area (Å²) in [5.41, 5.74) is 7.10. The van der Waals surface area contributed by atoms with Gasteiger partial charge in [0.25, 0.3) is 0 Å². The monoisotopic (exact) mass is 438 g/mol. The SMILES string of the molecule is CC1CCN(c2nc(-c3cccc(F)c3F)c3c(N)n(-c4cccc(F)c4)nc3n2)CC1. The smallest absolute Gasteiger partial charge is 0.228 e. The third-order valence-corrected chi connectivity index (χ3v) is 5.88. The van der Waals surface area contributed by atoms with E-state index in [1.807, 2.05) is 4.90 Å². The van der Waals surface area contributed by atoms with Gasteiger partial charge in [0.15, 0.2) is 17.3 Å². The molecule has 3 heterocycles. The second-order valence-corrected chi connectivity index (χ2v) is 8.12. The van der Waals surface area contributed by atoms with Crippen LogP contribution in [-0.2, 0) is 0 Å². The quantitative estimate of drug-likeness (QED) is 0.501. The minimum atomic E-state index is -1.02. The van der Waals surface area contributed by atoms with Crippen LogP contribution in [0.3, 0.4) is 0 Å². The molecule has 0 amide bonds.